The van der Waals surface area contributed by atoms with Gasteiger partial charge in [0.15, 0.2) is 12.2 Å². The second-order valence-electron chi connectivity index (χ2n) is 24.2. The van der Waals surface area contributed by atoms with Gasteiger partial charge < -0.3 is 87.1 Å². The SMILES string of the molecule is CC(=O)OCC1O[C@H](Oc2ccc(-c3ccc(C(=O)N4CCOCC4)cc3)cc2Cl)C(OC(C)=O)[C@@H](C)[C@@H]1C.CC(=O)OCC1O[C@H](Oc2ccc(Br)cc2Cl)C(OC(C)=O)[C@@H](C)[C@@H]1C.O=C(c1ccc(-c2ccc(O[C@H]3OC(CO)[C@@H](O)[C@H](O)C3O)c(Cl)c2)cc1)N1CCOCC1. The van der Waals surface area contributed by atoms with Gasteiger partial charge in [-0.1, -0.05) is 115 Å². The molecule has 15 atom stereocenters. The summed E-state index contributed by atoms with van der Waals surface area (Å²) in [4.78, 5) is 74.7. The minimum atomic E-state index is -1.54. The summed E-state index contributed by atoms with van der Waals surface area (Å²) in [6.07, 6.45) is -10.9. The van der Waals surface area contributed by atoms with Crippen LogP contribution in [0.3, 0.4) is 0 Å². The van der Waals surface area contributed by atoms with Gasteiger partial charge in [-0.05, 0) is 101 Å². The lowest BCUT2D eigenvalue weighted by Gasteiger charge is -2.43. The number of rotatable bonds is 17. The molecule has 5 aliphatic heterocycles. The van der Waals surface area contributed by atoms with Crippen molar-refractivity contribution in [3.63, 3.8) is 0 Å². The summed E-state index contributed by atoms with van der Waals surface area (Å²) >= 11 is 22.5. The van der Waals surface area contributed by atoms with Crippen molar-refractivity contribution in [2.75, 3.05) is 72.4 Å². The van der Waals surface area contributed by atoms with Crippen LogP contribution in [0.15, 0.2) is 108 Å². The van der Waals surface area contributed by atoms with Crippen molar-refractivity contribution in [1.29, 1.82) is 0 Å². The number of amides is 2. The molecule has 532 valence electrons. The highest BCUT2D eigenvalue weighted by Crippen LogP contribution is 2.40. The molecule has 0 aliphatic carbocycles. The van der Waals surface area contributed by atoms with Crippen molar-refractivity contribution < 1.29 is 106 Å². The number of hydrogen-bond donors (Lipinski definition) is 4. The van der Waals surface area contributed by atoms with Crippen LogP contribution in [0.5, 0.6) is 17.2 Å². The lowest BCUT2D eigenvalue weighted by molar-refractivity contribution is -0.277. The van der Waals surface area contributed by atoms with E-state index in [0.29, 0.717) is 85.3 Å². The Morgan fingerprint density at radius 3 is 1.17 bits per heavy atom. The summed E-state index contributed by atoms with van der Waals surface area (Å²) in [6.45, 7) is 17.3. The Morgan fingerprint density at radius 1 is 0.459 bits per heavy atom. The Hall–Kier alpha value is -6.69. The fourth-order valence-corrected chi connectivity index (χ4v) is 12.5. The molecule has 5 heterocycles. The van der Waals surface area contributed by atoms with Crippen LogP contribution >= 0.6 is 50.7 Å². The predicted octanol–water partition coefficient (Wildman–Crippen LogP) is 8.98. The minimum Gasteiger partial charge on any atom is -0.463 e. The fourth-order valence-electron chi connectivity index (χ4n) is 11.4. The quantitative estimate of drug-likeness (QED) is 0.0498. The van der Waals surface area contributed by atoms with Gasteiger partial charge in [0.25, 0.3) is 11.8 Å². The fraction of sp³-hybridized carbons (Fsp3) is 0.486. The van der Waals surface area contributed by atoms with E-state index < -0.39 is 86.1 Å². The Labute approximate surface area is 591 Å². The molecule has 24 nitrogen and oxygen atoms in total. The Bertz CT molecular complexity index is 3520. The molecule has 0 bridgehead atoms. The number of aliphatic hydroxyl groups excluding tert-OH is 4. The number of ether oxygens (including phenoxy) is 12. The van der Waals surface area contributed by atoms with Crippen LogP contribution in [0, 0.1) is 23.7 Å². The Balaban J connectivity index is 0.000000191. The predicted molar refractivity (Wildman–Crippen MR) is 360 cm³/mol. The molecule has 0 radical (unpaired) electrons. The van der Waals surface area contributed by atoms with Crippen molar-refractivity contribution in [1.82, 2.24) is 9.80 Å². The molecule has 0 spiro atoms. The third-order valence-corrected chi connectivity index (χ3v) is 18.8. The first-order valence-corrected chi connectivity index (χ1v) is 33.9. The first kappa shape index (κ1) is 77.1. The molecule has 5 aromatic rings. The first-order chi connectivity index (χ1) is 46.7. The number of nitrogens with zero attached hydrogens (tertiary/aromatic N) is 2. The molecule has 5 aromatic carbocycles. The molecule has 10 rings (SSSR count). The maximum atomic E-state index is 12.7. The molecular formula is C70H82BrCl3N2O22. The maximum Gasteiger partial charge on any atom is 0.303 e. The number of morpholine rings is 2. The molecular weight excluding hydrogens is 1410 g/mol. The molecule has 0 saturated carbocycles. The second kappa shape index (κ2) is 36.1. The normalized spacial score (nSPS) is 26.9. The monoisotopic (exact) mass is 1490 g/mol. The standard InChI is InChI=1S/C29H34ClNO8.C23H26ClNO8.C18H22BrClO6/c1-17-18(2)27(37-20(4)33)29(39-26(17)16-36-19(3)32)38-25-10-9-23(15-24(25)30)21-5-7-22(8-6-21)28(34)31-11-13-35-14-12-31;24-16-11-15(13-1-3-14(4-2-13)22(30)25-7-9-31-10-8-25)5-6-17(16)32-23-21(29)20(28)19(27)18(12-26)33-23;1-9-10(2)17(24-12(4)22)18(26-16(9)8-23-11(3)21)25-15-6-5-13(19)7-14(15)20/h5-10,15,17-18,26-27,29H,11-14,16H2,1-4H3;1-6,11,18-21,23,26-29H,7-10,12H2;5-7,9-10,16-18H,8H2,1-4H3/t17-,18-,26?,27?,29-;18?,19-,20+,21?,23+;9-,10-,16?,17?,18-/m010/s1. The number of benzene rings is 5. The summed E-state index contributed by atoms with van der Waals surface area (Å²) in [7, 11) is 0. The third kappa shape index (κ3) is 20.5. The minimum absolute atomic E-state index is 0.0149. The van der Waals surface area contributed by atoms with Gasteiger partial charge in [0, 0.05) is 81.3 Å². The number of halogens is 4. The van der Waals surface area contributed by atoms with Crippen LogP contribution in [-0.4, -0.2) is 206 Å². The van der Waals surface area contributed by atoms with E-state index in [2.05, 4.69) is 15.9 Å². The molecule has 5 fully saturated rings. The van der Waals surface area contributed by atoms with E-state index in [4.69, 9.17) is 91.6 Å². The van der Waals surface area contributed by atoms with E-state index >= 15 is 0 Å². The zero-order valence-corrected chi connectivity index (χ0v) is 59.2. The number of hydrogen-bond acceptors (Lipinski definition) is 22. The van der Waals surface area contributed by atoms with Crippen LogP contribution in [0.2, 0.25) is 15.1 Å². The molecule has 28 heteroatoms. The lowest BCUT2D eigenvalue weighted by Crippen LogP contribution is -2.60. The average molecular weight is 1490 g/mol. The number of carbonyl (C=O) groups is 6. The van der Waals surface area contributed by atoms with Gasteiger partial charge in [-0.3, -0.25) is 28.8 Å². The van der Waals surface area contributed by atoms with Gasteiger partial charge in [0.05, 0.1) is 60.3 Å². The van der Waals surface area contributed by atoms with E-state index in [9.17, 15) is 49.2 Å². The van der Waals surface area contributed by atoms with E-state index in [1.165, 1.54) is 27.7 Å². The van der Waals surface area contributed by atoms with E-state index in [1.54, 1.807) is 82.6 Å². The molecule has 2 amide bonds. The average Bonchev–Trinajstić information content (AvgIpc) is 0.815. The maximum absolute atomic E-state index is 12.7. The smallest absolute Gasteiger partial charge is 0.303 e. The molecule has 5 saturated heterocycles. The molecule has 98 heavy (non-hydrogen) atoms. The topological polar surface area (TPSA) is 301 Å². The Morgan fingerprint density at radius 2 is 0.816 bits per heavy atom. The lowest BCUT2D eigenvalue weighted by atomic mass is 9.83. The highest BCUT2D eigenvalue weighted by molar-refractivity contribution is 9.10. The van der Waals surface area contributed by atoms with E-state index in [0.717, 1.165) is 26.7 Å². The van der Waals surface area contributed by atoms with Crippen molar-refractivity contribution >= 4 is 86.4 Å². The van der Waals surface area contributed by atoms with Crippen molar-refractivity contribution in [3.05, 3.63) is 134 Å². The van der Waals surface area contributed by atoms with Crippen molar-refractivity contribution in [3.8, 4) is 39.5 Å². The Kier molecular flexibility index (Phi) is 28.4. The second-order valence-corrected chi connectivity index (χ2v) is 26.3. The van der Waals surface area contributed by atoms with Gasteiger partial charge in [-0.15, -0.1) is 0 Å². The van der Waals surface area contributed by atoms with Gasteiger partial charge in [-0.2, -0.15) is 0 Å². The number of esters is 4. The summed E-state index contributed by atoms with van der Waals surface area (Å²) in [5.41, 5.74) is 4.56. The van der Waals surface area contributed by atoms with E-state index in [-0.39, 0.29) is 71.5 Å². The number of carbonyl (C=O) groups excluding carboxylic acids is 6. The molecule has 6 unspecified atom stereocenters. The van der Waals surface area contributed by atoms with Gasteiger partial charge in [0.1, 0.15) is 54.9 Å². The van der Waals surface area contributed by atoms with Gasteiger partial charge >= 0.3 is 23.9 Å². The summed E-state index contributed by atoms with van der Waals surface area (Å²) in [6, 6.07) is 30.1. The summed E-state index contributed by atoms with van der Waals surface area (Å²) < 4.78 is 67.8. The van der Waals surface area contributed by atoms with Crippen LogP contribution in [0.4, 0.5) is 0 Å². The molecule has 0 aromatic heterocycles. The highest BCUT2D eigenvalue weighted by atomic mass is 79.9. The van der Waals surface area contributed by atoms with Gasteiger partial charge in [0.2, 0.25) is 18.9 Å². The van der Waals surface area contributed by atoms with Crippen LogP contribution in [0.25, 0.3) is 22.3 Å². The van der Waals surface area contributed by atoms with Crippen molar-refractivity contribution in [2.45, 2.75) is 123 Å². The number of aliphatic hydroxyl groups is 4. The molecule has 4 N–H and O–H groups in total. The van der Waals surface area contributed by atoms with Crippen LogP contribution in [0.1, 0.15) is 76.1 Å². The molecule has 5 aliphatic rings. The zero-order chi connectivity index (χ0) is 71.1. The summed E-state index contributed by atoms with van der Waals surface area (Å²) in [5.74, 6) is -1.05. The van der Waals surface area contributed by atoms with Crippen molar-refractivity contribution in [2.24, 2.45) is 23.7 Å². The van der Waals surface area contributed by atoms with Gasteiger partial charge in [-0.25, -0.2) is 0 Å². The zero-order valence-electron chi connectivity index (χ0n) is 55.3. The highest BCUT2D eigenvalue weighted by Gasteiger charge is 2.48. The van der Waals surface area contributed by atoms with E-state index in [1.807, 2.05) is 58.0 Å². The summed E-state index contributed by atoms with van der Waals surface area (Å²) in [5, 5.41) is 40.2. The third-order valence-electron chi connectivity index (χ3n) is 17.4. The van der Waals surface area contributed by atoms with Crippen LogP contribution in [-0.2, 0) is 61.8 Å². The first-order valence-electron chi connectivity index (χ1n) is 31.9. The largest absolute Gasteiger partial charge is 0.463 e. The van der Waals surface area contributed by atoms with Crippen LogP contribution < -0.4 is 14.2 Å².